The summed E-state index contributed by atoms with van der Waals surface area (Å²) in [5, 5.41) is 5.53. The lowest BCUT2D eigenvalue weighted by molar-refractivity contribution is -0.115. The summed E-state index contributed by atoms with van der Waals surface area (Å²) < 4.78 is 5.45. The van der Waals surface area contributed by atoms with Crippen LogP contribution in [0.25, 0.3) is 0 Å². The van der Waals surface area contributed by atoms with Crippen molar-refractivity contribution in [2.75, 3.05) is 10.6 Å². The summed E-state index contributed by atoms with van der Waals surface area (Å²) in [4.78, 5) is 27.8. The molecule has 0 fully saturated rings. The van der Waals surface area contributed by atoms with Crippen LogP contribution in [0.4, 0.5) is 11.4 Å². The van der Waals surface area contributed by atoms with E-state index in [2.05, 4.69) is 15.6 Å². The Kier molecular flexibility index (Phi) is 5.89. The first-order valence-electron chi connectivity index (χ1n) is 7.82. The number of nitrogens with zero attached hydrogens (tertiary/aromatic N) is 1. The highest BCUT2D eigenvalue weighted by Crippen LogP contribution is 2.17. The average Bonchev–Trinajstić information content (AvgIpc) is 2.55. The van der Waals surface area contributed by atoms with E-state index < -0.39 is 0 Å². The zero-order valence-electron chi connectivity index (χ0n) is 14.0. The van der Waals surface area contributed by atoms with Gasteiger partial charge in [-0.3, -0.25) is 9.59 Å². The standard InChI is InChI=1S/C18H21N3O3/c1-4-16(22)20-14-6-5-7-15(10-14)21-18(23)13-8-9-17(19-11-13)24-12(2)3/h5-12H,4H2,1-3H3,(H,20,22)(H,21,23). The van der Waals surface area contributed by atoms with Crippen LogP contribution < -0.4 is 15.4 Å². The number of hydrogen-bond donors (Lipinski definition) is 2. The number of rotatable bonds is 6. The summed E-state index contributed by atoms with van der Waals surface area (Å²) in [6.45, 7) is 5.60. The van der Waals surface area contributed by atoms with Crippen molar-refractivity contribution in [1.29, 1.82) is 0 Å². The minimum Gasteiger partial charge on any atom is -0.475 e. The minimum absolute atomic E-state index is 0.0262. The molecule has 6 heteroatoms. The molecule has 24 heavy (non-hydrogen) atoms. The summed E-state index contributed by atoms with van der Waals surface area (Å²) in [6.07, 6.45) is 1.89. The maximum Gasteiger partial charge on any atom is 0.257 e. The third-order valence-corrected chi connectivity index (χ3v) is 3.08. The van der Waals surface area contributed by atoms with Crippen molar-refractivity contribution >= 4 is 23.2 Å². The van der Waals surface area contributed by atoms with Crippen molar-refractivity contribution < 1.29 is 14.3 Å². The number of ether oxygens (including phenoxy) is 1. The van der Waals surface area contributed by atoms with Gasteiger partial charge >= 0.3 is 0 Å². The number of anilines is 2. The van der Waals surface area contributed by atoms with Gasteiger partial charge in [0.25, 0.3) is 5.91 Å². The fourth-order valence-corrected chi connectivity index (χ4v) is 1.95. The molecule has 2 aromatic rings. The number of aromatic nitrogens is 1. The molecule has 2 amide bonds. The van der Waals surface area contributed by atoms with Gasteiger partial charge < -0.3 is 15.4 Å². The SMILES string of the molecule is CCC(=O)Nc1cccc(NC(=O)c2ccc(OC(C)C)nc2)c1. The highest BCUT2D eigenvalue weighted by molar-refractivity contribution is 6.04. The van der Waals surface area contributed by atoms with E-state index in [9.17, 15) is 9.59 Å². The summed E-state index contributed by atoms with van der Waals surface area (Å²) in [5.74, 6) is 0.117. The van der Waals surface area contributed by atoms with Crippen LogP contribution in [0.3, 0.4) is 0 Å². The monoisotopic (exact) mass is 327 g/mol. The quantitative estimate of drug-likeness (QED) is 0.851. The molecule has 0 saturated carbocycles. The Morgan fingerprint density at radius 3 is 2.42 bits per heavy atom. The van der Waals surface area contributed by atoms with Crippen LogP contribution >= 0.6 is 0 Å². The first kappa shape index (κ1) is 17.5. The molecule has 0 spiro atoms. The van der Waals surface area contributed by atoms with Crippen LogP contribution in [0.5, 0.6) is 5.88 Å². The summed E-state index contributed by atoms with van der Waals surface area (Å²) in [6, 6.07) is 10.3. The molecule has 0 saturated heterocycles. The molecular formula is C18H21N3O3. The van der Waals surface area contributed by atoms with Gasteiger partial charge in [-0.2, -0.15) is 0 Å². The van der Waals surface area contributed by atoms with Gasteiger partial charge in [0.2, 0.25) is 11.8 Å². The van der Waals surface area contributed by atoms with Gasteiger partial charge in [-0.1, -0.05) is 13.0 Å². The normalized spacial score (nSPS) is 10.3. The van der Waals surface area contributed by atoms with Crippen LogP contribution in [0.2, 0.25) is 0 Å². The van der Waals surface area contributed by atoms with Gasteiger partial charge in [-0.05, 0) is 38.1 Å². The summed E-state index contributed by atoms with van der Waals surface area (Å²) in [7, 11) is 0. The fourth-order valence-electron chi connectivity index (χ4n) is 1.95. The lowest BCUT2D eigenvalue weighted by Gasteiger charge is -2.10. The van der Waals surface area contributed by atoms with E-state index in [1.54, 1.807) is 43.3 Å². The number of carbonyl (C=O) groups excluding carboxylic acids is 2. The number of nitrogens with one attached hydrogen (secondary N) is 2. The fraction of sp³-hybridized carbons (Fsp3) is 0.278. The number of carbonyl (C=O) groups is 2. The Balaban J connectivity index is 2.03. The van der Waals surface area contributed by atoms with E-state index in [4.69, 9.17) is 4.74 Å². The van der Waals surface area contributed by atoms with E-state index >= 15 is 0 Å². The Bertz CT molecular complexity index is 712. The number of benzene rings is 1. The van der Waals surface area contributed by atoms with Gasteiger partial charge in [-0.25, -0.2) is 4.98 Å². The molecule has 2 rings (SSSR count). The van der Waals surface area contributed by atoms with E-state index in [0.717, 1.165) is 0 Å². The average molecular weight is 327 g/mol. The zero-order chi connectivity index (χ0) is 17.5. The molecule has 1 aromatic carbocycles. The van der Waals surface area contributed by atoms with Crippen LogP contribution in [0.15, 0.2) is 42.6 Å². The van der Waals surface area contributed by atoms with Crippen molar-refractivity contribution in [3.63, 3.8) is 0 Å². The van der Waals surface area contributed by atoms with Crippen molar-refractivity contribution in [3.8, 4) is 5.88 Å². The van der Waals surface area contributed by atoms with Crippen LogP contribution in [-0.4, -0.2) is 22.9 Å². The maximum atomic E-state index is 12.3. The van der Waals surface area contributed by atoms with Gasteiger partial charge in [-0.15, -0.1) is 0 Å². The molecule has 0 bridgehead atoms. The minimum atomic E-state index is -0.280. The first-order chi connectivity index (χ1) is 11.5. The lowest BCUT2D eigenvalue weighted by Crippen LogP contribution is -2.14. The third kappa shape index (κ3) is 5.08. The van der Waals surface area contributed by atoms with Crippen molar-refractivity contribution in [1.82, 2.24) is 4.98 Å². The predicted molar refractivity (Wildman–Crippen MR) is 93.3 cm³/mol. The zero-order valence-corrected chi connectivity index (χ0v) is 14.0. The molecule has 0 aliphatic rings. The molecule has 0 unspecified atom stereocenters. The van der Waals surface area contributed by atoms with Crippen LogP contribution in [0, 0.1) is 0 Å². The molecule has 0 atom stereocenters. The molecule has 0 aliphatic heterocycles. The highest BCUT2D eigenvalue weighted by Gasteiger charge is 2.08. The van der Waals surface area contributed by atoms with Crippen molar-refractivity contribution in [2.24, 2.45) is 0 Å². The second-order valence-corrected chi connectivity index (χ2v) is 5.49. The Labute approximate surface area is 141 Å². The van der Waals surface area contributed by atoms with E-state index in [1.807, 2.05) is 13.8 Å². The van der Waals surface area contributed by atoms with Gasteiger partial charge in [0.05, 0.1) is 11.7 Å². The maximum absolute atomic E-state index is 12.3. The number of hydrogen-bond acceptors (Lipinski definition) is 4. The summed E-state index contributed by atoms with van der Waals surface area (Å²) in [5.41, 5.74) is 1.66. The number of amides is 2. The first-order valence-corrected chi connectivity index (χ1v) is 7.82. The van der Waals surface area contributed by atoms with Crippen LogP contribution in [0.1, 0.15) is 37.6 Å². The molecule has 1 heterocycles. The molecule has 0 aliphatic carbocycles. The number of pyridine rings is 1. The van der Waals surface area contributed by atoms with E-state index in [0.29, 0.717) is 29.2 Å². The van der Waals surface area contributed by atoms with Crippen molar-refractivity contribution in [2.45, 2.75) is 33.3 Å². The van der Waals surface area contributed by atoms with Gasteiger partial charge in [0.15, 0.2) is 0 Å². The molecule has 2 N–H and O–H groups in total. The van der Waals surface area contributed by atoms with E-state index in [1.165, 1.54) is 6.20 Å². The molecule has 6 nitrogen and oxygen atoms in total. The van der Waals surface area contributed by atoms with Crippen molar-refractivity contribution in [3.05, 3.63) is 48.2 Å². The topological polar surface area (TPSA) is 80.3 Å². The Hall–Kier alpha value is -2.89. The largest absolute Gasteiger partial charge is 0.475 e. The molecule has 1 aromatic heterocycles. The second kappa shape index (κ2) is 8.10. The van der Waals surface area contributed by atoms with Crippen LogP contribution in [-0.2, 0) is 4.79 Å². The molecule has 0 radical (unpaired) electrons. The predicted octanol–water partition coefficient (Wildman–Crippen LogP) is 3.47. The van der Waals surface area contributed by atoms with E-state index in [-0.39, 0.29) is 17.9 Å². The Morgan fingerprint density at radius 2 is 1.83 bits per heavy atom. The smallest absolute Gasteiger partial charge is 0.257 e. The van der Waals surface area contributed by atoms with Gasteiger partial charge in [0.1, 0.15) is 0 Å². The Morgan fingerprint density at radius 1 is 1.12 bits per heavy atom. The third-order valence-electron chi connectivity index (χ3n) is 3.08. The lowest BCUT2D eigenvalue weighted by atomic mass is 10.2. The second-order valence-electron chi connectivity index (χ2n) is 5.49. The summed E-state index contributed by atoms with van der Waals surface area (Å²) >= 11 is 0. The molecule has 126 valence electrons. The van der Waals surface area contributed by atoms with Gasteiger partial charge in [0, 0.05) is 30.1 Å². The highest BCUT2D eigenvalue weighted by atomic mass is 16.5. The molecular weight excluding hydrogens is 306 g/mol.